The molecule has 6 heteroatoms. The van der Waals surface area contributed by atoms with E-state index in [2.05, 4.69) is 24.1 Å². The Balaban J connectivity index is 2.02. The zero-order valence-electron chi connectivity index (χ0n) is 13.1. The SMILES string of the molecule is CCC1(CC)CNC2(CCCC2)CN1CCSC(F)(F)F. The number of nitrogens with one attached hydrogen (secondary N) is 1. The fourth-order valence-corrected chi connectivity index (χ4v) is 4.52. The van der Waals surface area contributed by atoms with E-state index in [1.807, 2.05) is 0 Å². The van der Waals surface area contributed by atoms with Gasteiger partial charge in [-0.3, -0.25) is 4.90 Å². The Labute approximate surface area is 130 Å². The second kappa shape index (κ2) is 6.67. The first-order valence-corrected chi connectivity index (χ1v) is 9.04. The van der Waals surface area contributed by atoms with E-state index in [-0.39, 0.29) is 28.6 Å². The lowest BCUT2D eigenvalue weighted by molar-refractivity contribution is -0.0336. The summed E-state index contributed by atoms with van der Waals surface area (Å²) >= 11 is 0.118. The van der Waals surface area contributed by atoms with Crippen molar-refractivity contribution in [1.82, 2.24) is 10.2 Å². The van der Waals surface area contributed by atoms with Gasteiger partial charge in [0.1, 0.15) is 0 Å². The quantitative estimate of drug-likeness (QED) is 0.822. The molecule has 21 heavy (non-hydrogen) atoms. The Morgan fingerprint density at radius 1 is 1.14 bits per heavy atom. The van der Waals surface area contributed by atoms with Crippen LogP contribution in [0.3, 0.4) is 0 Å². The molecule has 1 saturated carbocycles. The van der Waals surface area contributed by atoms with Gasteiger partial charge in [0.05, 0.1) is 0 Å². The zero-order valence-corrected chi connectivity index (χ0v) is 13.9. The summed E-state index contributed by atoms with van der Waals surface area (Å²) in [6.45, 7) is 6.67. The molecule has 1 spiro atoms. The van der Waals surface area contributed by atoms with E-state index in [1.54, 1.807) is 0 Å². The monoisotopic (exact) mass is 324 g/mol. The van der Waals surface area contributed by atoms with Gasteiger partial charge in [0.2, 0.25) is 0 Å². The van der Waals surface area contributed by atoms with Crippen LogP contribution in [0.15, 0.2) is 0 Å². The lowest BCUT2D eigenvalue weighted by atomic mass is 9.82. The molecule has 2 rings (SSSR count). The van der Waals surface area contributed by atoms with Gasteiger partial charge >= 0.3 is 5.51 Å². The summed E-state index contributed by atoms with van der Waals surface area (Å²) < 4.78 is 37.2. The predicted octanol–water partition coefficient (Wildman–Crippen LogP) is 4.02. The zero-order chi connectivity index (χ0) is 15.6. The standard InChI is InChI=1S/C15H27F3N2S/c1-3-14(4-2)11-19-13(7-5-6-8-13)12-20(14)9-10-21-15(16,17)18/h19H,3-12H2,1-2H3. The smallest absolute Gasteiger partial charge is 0.308 e. The van der Waals surface area contributed by atoms with E-state index in [0.29, 0.717) is 6.54 Å². The largest absolute Gasteiger partial charge is 0.441 e. The van der Waals surface area contributed by atoms with Gasteiger partial charge in [0, 0.05) is 36.5 Å². The molecule has 124 valence electrons. The number of halogens is 3. The van der Waals surface area contributed by atoms with Crippen LogP contribution in [-0.4, -0.2) is 46.9 Å². The third-order valence-corrected chi connectivity index (χ3v) is 6.17. The maximum atomic E-state index is 12.4. The van der Waals surface area contributed by atoms with Crippen molar-refractivity contribution in [3.8, 4) is 0 Å². The minimum atomic E-state index is -4.11. The highest BCUT2D eigenvalue weighted by molar-refractivity contribution is 8.00. The minimum absolute atomic E-state index is 0.0278. The summed E-state index contributed by atoms with van der Waals surface area (Å²) in [5, 5.41) is 3.75. The molecule has 2 aliphatic rings. The van der Waals surface area contributed by atoms with Gasteiger partial charge in [0.15, 0.2) is 0 Å². The molecule has 2 fully saturated rings. The van der Waals surface area contributed by atoms with Crippen LogP contribution in [-0.2, 0) is 0 Å². The lowest BCUT2D eigenvalue weighted by Crippen LogP contribution is -2.69. The molecule has 0 aromatic rings. The van der Waals surface area contributed by atoms with Crippen molar-refractivity contribution in [2.45, 2.75) is 69.0 Å². The summed E-state index contributed by atoms with van der Waals surface area (Å²) in [7, 11) is 0. The topological polar surface area (TPSA) is 15.3 Å². The number of piperazine rings is 1. The average Bonchev–Trinajstić information content (AvgIpc) is 2.87. The van der Waals surface area contributed by atoms with E-state index in [1.165, 1.54) is 25.7 Å². The summed E-state index contributed by atoms with van der Waals surface area (Å²) in [5.74, 6) is 0.140. The number of hydrogen-bond donors (Lipinski definition) is 1. The normalized spacial score (nSPS) is 25.6. The Morgan fingerprint density at radius 3 is 2.29 bits per heavy atom. The number of rotatable bonds is 5. The Hall–Kier alpha value is 0.0600. The van der Waals surface area contributed by atoms with Crippen molar-refractivity contribution in [3.05, 3.63) is 0 Å². The maximum absolute atomic E-state index is 12.4. The average molecular weight is 324 g/mol. The van der Waals surface area contributed by atoms with Crippen LogP contribution < -0.4 is 5.32 Å². The highest BCUT2D eigenvalue weighted by Crippen LogP contribution is 2.39. The molecule has 0 aromatic heterocycles. The fourth-order valence-electron chi connectivity index (χ4n) is 3.97. The Morgan fingerprint density at radius 2 is 1.76 bits per heavy atom. The molecule has 2 nitrogen and oxygen atoms in total. The lowest BCUT2D eigenvalue weighted by Gasteiger charge is -2.54. The van der Waals surface area contributed by atoms with E-state index < -0.39 is 5.51 Å². The Kier molecular flexibility index (Phi) is 5.53. The molecule has 0 unspecified atom stereocenters. The second-order valence-electron chi connectivity index (χ2n) is 6.49. The first-order chi connectivity index (χ1) is 9.85. The maximum Gasteiger partial charge on any atom is 0.441 e. The third-order valence-electron chi connectivity index (χ3n) is 5.46. The van der Waals surface area contributed by atoms with Crippen LogP contribution in [0.25, 0.3) is 0 Å². The Bertz CT molecular complexity index is 336. The molecular formula is C15H27F3N2S. The van der Waals surface area contributed by atoms with Crippen LogP contribution in [0, 0.1) is 0 Å². The number of alkyl halides is 3. The molecule has 1 saturated heterocycles. The van der Waals surface area contributed by atoms with Crippen LogP contribution in [0.4, 0.5) is 13.2 Å². The summed E-state index contributed by atoms with van der Waals surface area (Å²) in [4.78, 5) is 2.35. The highest BCUT2D eigenvalue weighted by atomic mass is 32.2. The van der Waals surface area contributed by atoms with E-state index >= 15 is 0 Å². The first kappa shape index (κ1) is 17.4. The van der Waals surface area contributed by atoms with Crippen molar-refractivity contribution in [1.29, 1.82) is 0 Å². The third kappa shape index (κ3) is 4.08. The van der Waals surface area contributed by atoms with Gasteiger partial charge in [0.25, 0.3) is 0 Å². The van der Waals surface area contributed by atoms with Gasteiger partial charge in [-0.2, -0.15) is 13.2 Å². The molecule has 0 atom stereocenters. The highest BCUT2D eigenvalue weighted by Gasteiger charge is 2.46. The van der Waals surface area contributed by atoms with Crippen molar-refractivity contribution < 1.29 is 13.2 Å². The molecule has 1 N–H and O–H groups in total. The molecule has 1 aliphatic carbocycles. The molecule has 0 aromatic carbocycles. The predicted molar refractivity (Wildman–Crippen MR) is 82.6 cm³/mol. The van der Waals surface area contributed by atoms with Gasteiger partial charge in [-0.05, 0) is 37.4 Å². The van der Waals surface area contributed by atoms with Crippen molar-refractivity contribution in [2.75, 3.05) is 25.4 Å². The van der Waals surface area contributed by atoms with Crippen LogP contribution in [0.1, 0.15) is 52.4 Å². The van der Waals surface area contributed by atoms with Crippen molar-refractivity contribution in [3.63, 3.8) is 0 Å². The number of nitrogens with zero attached hydrogens (tertiary/aromatic N) is 1. The summed E-state index contributed by atoms with van der Waals surface area (Å²) in [6.07, 6.45) is 6.79. The summed E-state index contributed by atoms with van der Waals surface area (Å²) in [6, 6.07) is 0. The minimum Gasteiger partial charge on any atom is -0.308 e. The number of thioether (sulfide) groups is 1. The van der Waals surface area contributed by atoms with Crippen LogP contribution >= 0.6 is 11.8 Å². The second-order valence-corrected chi connectivity index (χ2v) is 7.65. The van der Waals surface area contributed by atoms with Crippen LogP contribution in [0.2, 0.25) is 0 Å². The van der Waals surface area contributed by atoms with Gasteiger partial charge in [-0.1, -0.05) is 26.7 Å². The molecule has 1 aliphatic heterocycles. The van der Waals surface area contributed by atoms with E-state index in [0.717, 1.165) is 25.9 Å². The van der Waals surface area contributed by atoms with Gasteiger partial charge < -0.3 is 5.32 Å². The molecule has 0 bridgehead atoms. The summed E-state index contributed by atoms with van der Waals surface area (Å²) in [5.41, 5.74) is -3.92. The van der Waals surface area contributed by atoms with Crippen molar-refractivity contribution in [2.24, 2.45) is 0 Å². The van der Waals surface area contributed by atoms with Crippen molar-refractivity contribution >= 4 is 11.8 Å². The van der Waals surface area contributed by atoms with Gasteiger partial charge in [-0.25, -0.2) is 0 Å². The molecular weight excluding hydrogens is 297 g/mol. The van der Waals surface area contributed by atoms with Crippen LogP contribution in [0.5, 0.6) is 0 Å². The van der Waals surface area contributed by atoms with E-state index in [4.69, 9.17) is 0 Å². The molecule has 0 radical (unpaired) electrons. The number of hydrogen-bond acceptors (Lipinski definition) is 3. The van der Waals surface area contributed by atoms with Gasteiger partial charge in [-0.15, -0.1) is 0 Å². The molecule has 0 amide bonds. The first-order valence-electron chi connectivity index (χ1n) is 8.05. The fraction of sp³-hybridized carbons (Fsp3) is 1.00. The van der Waals surface area contributed by atoms with E-state index in [9.17, 15) is 13.2 Å². The molecule has 1 heterocycles.